The molecule has 0 aromatic heterocycles. The highest BCUT2D eigenvalue weighted by atomic mass is 32.2. The van der Waals surface area contributed by atoms with Crippen molar-refractivity contribution in [3.63, 3.8) is 0 Å². The number of benzene rings is 2. The summed E-state index contributed by atoms with van der Waals surface area (Å²) in [5.41, 5.74) is 3.03. The van der Waals surface area contributed by atoms with Crippen LogP contribution in [0.1, 0.15) is 18.5 Å². The van der Waals surface area contributed by atoms with Crippen LogP contribution in [-0.2, 0) is 9.53 Å². The Balaban J connectivity index is 1.54. The molecule has 35 heavy (non-hydrogen) atoms. The largest absolute Gasteiger partial charge is 0.497 e. The summed E-state index contributed by atoms with van der Waals surface area (Å²) in [6.07, 6.45) is 2.01. The number of hydrogen-bond acceptors (Lipinski definition) is 7. The molecule has 9 heteroatoms. The van der Waals surface area contributed by atoms with E-state index in [4.69, 9.17) is 9.47 Å². The molecule has 2 aliphatic rings. The van der Waals surface area contributed by atoms with E-state index >= 15 is 0 Å². The number of piperazine rings is 1. The van der Waals surface area contributed by atoms with Crippen molar-refractivity contribution < 1.29 is 19.1 Å². The van der Waals surface area contributed by atoms with Crippen LogP contribution in [0.25, 0.3) is 0 Å². The van der Waals surface area contributed by atoms with Gasteiger partial charge in [0.15, 0.2) is 0 Å². The summed E-state index contributed by atoms with van der Waals surface area (Å²) < 4.78 is 10.8. The lowest BCUT2D eigenvalue weighted by Crippen LogP contribution is -2.51. The van der Waals surface area contributed by atoms with E-state index in [1.54, 1.807) is 25.8 Å². The number of rotatable bonds is 8. The lowest BCUT2D eigenvalue weighted by atomic mass is 9.95. The molecule has 0 radical (unpaired) electrons. The Labute approximate surface area is 210 Å². The van der Waals surface area contributed by atoms with Gasteiger partial charge >= 0.3 is 12.0 Å². The lowest BCUT2D eigenvalue weighted by molar-refractivity contribution is -0.139. The number of hydrogen-bond donors (Lipinski definition) is 2. The zero-order valence-electron chi connectivity index (χ0n) is 20.4. The SMILES string of the molecule is CCOC(=O)C1=C(CN2CCN(c3cccc(OC)c3)CC2)NC(=O)NC1c1ccc(SC)cc1. The normalized spacial score (nSPS) is 18.7. The number of thioether (sulfide) groups is 1. The van der Waals surface area contributed by atoms with Crippen LogP contribution in [-0.4, -0.2) is 69.6 Å². The van der Waals surface area contributed by atoms with Gasteiger partial charge in [-0.05, 0) is 43.0 Å². The lowest BCUT2D eigenvalue weighted by Gasteiger charge is -2.38. The van der Waals surface area contributed by atoms with Crippen molar-refractivity contribution in [1.82, 2.24) is 15.5 Å². The summed E-state index contributed by atoms with van der Waals surface area (Å²) in [5, 5.41) is 5.80. The standard InChI is InChI=1S/C26H32N4O4S/c1-4-34-25(31)23-22(27-26(32)28-24(23)18-8-10-21(35-3)11-9-18)17-29-12-14-30(15-13-29)19-6-5-7-20(16-19)33-2/h5-11,16,24H,4,12-15,17H2,1-3H3,(H2,27,28,32). The van der Waals surface area contributed by atoms with E-state index in [1.807, 2.05) is 48.7 Å². The number of nitrogens with zero attached hydrogens (tertiary/aromatic N) is 2. The fraction of sp³-hybridized carbons (Fsp3) is 0.385. The molecule has 1 atom stereocenters. The number of methoxy groups -OCH3 is 1. The molecule has 2 heterocycles. The van der Waals surface area contributed by atoms with Crippen molar-refractivity contribution >= 4 is 29.4 Å². The number of esters is 1. The van der Waals surface area contributed by atoms with Crippen LogP contribution in [0.4, 0.5) is 10.5 Å². The number of carbonyl (C=O) groups excluding carboxylic acids is 2. The van der Waals surface area contributed by atoms with Crippen molar-refractivity contribution in [3.05, 3.63) is 65.4 Å². The molecule has 2 N–H and O–H groups in total. The van der Waals surface area contributed by atoms with Crippen LogP contribution in [0.3, 0.4) is 0 Å². The number of nitrogens with one attached hydrogen (secondary N) is 2. The van der Waals surface area contributed by atoms with Crippen LogP contribution < -0.4 is 20.3 Å². The van der Waals surface area contributed by atoms with Gasteiger partial charge in [0.2, 0.25) is 0 Å². The summed E-state index contributed by atoms with van der Waals surface area (Å²) >= 11 is 1.64. The van der Waals surface area contributed by atoms with Gasteiger partial charge in [0.05, 0.1) is 25.3 Å². The third kappa shape index (κ3) is 5.91. The molecule has 0 spiro atoms. The summed E-state index contributed by atoms with van der Waals surface area (Å²) in [6, 6.07) is 15.1. The fourth-order valence-corrected chi connectivity index (χ4v) is 4.84. The van der Waals surface area contributed by atoms with Gasteiger partial charge in [-0.15, -0.1) is 11.8 Å². The number of carbonyl (C=O) groups is 2. The zero-order chi connectivity index (χ0) is 24.8. The quantitative estimate of drug-likeness (QED) is 0.428. The van der Waals surface area contributed by atoms with Gasteiger partial charge in [-0.1, -0.05) is 18.2 Å². The molecule has 0 aliphatic carbocycles. The first-order chi connectivity index (χ1) is 17.0. The monoisotopic (exact) mass is 496 g/mol. The maximum atomic E-state index is 13.0. The van der Waals surface area contributed by atoms with Crippen LogP contribution in [0.15, 0.2) is 64.7 Å². The number of urea groups is 1. The Bertz CT molecular complexity index is 1080. The Morgan fingerprint density at radius 1 is 1.11 bits per heavy atom. The second-order valence-electron chi connectivity index (χ2n) is 8.38. The summed E-state index contributed by atoms with van der Waals surface area (Å²) in [4.78, 5) is 31.3. The first kappa shape index (κ1) is 24.9. The van der Waals surface area contributed by atoms with Gasteiger partial charge in [-0.25, -0.2) is 9.59 Å². The third-order valence-corrected chi connectivity index (χ3v) is 7.01. The maximum absolute atomic E-state index is 13.0. The molecule has 186 valence electrons. The topological polar surface area (TPSA) is 83.1 Å². The van der Waals surface area contributed by atoms with E-state index < -0.39 is 12.0 Å². The predicted octanol–water partition coefficient (Wildman–Crippen LogP) is 3.41. The van der Waals surface area contributed by atoms with Crippen molar-refractivity contribution in [3.8, 4) is 5.75 Å². The first-order valence-corrected chi connectivity index (χ1v) is 13.0. The molecule has 1 unspecified atom stereocenters. The van der Waals surface area contributed by atoms with E-state index in [0.29, 0.717) is 17.8 Å². The van der Waals surface area contributed by atoms with E-state index in [1.165, 1.54) is 0 Å². The van der Waals surface area contributed by atoms with Crippen molar-refractivity contribution in [2.45, 2.75) is 17.9 Å². The highest BCUT2D eigenvalue weighted by Crippen LogP contribution is 2.30. The molecule has 0 saturated carbocycles. The third-order valence-electron chi connectivity index (χ3n) is 6.27. The molecule has 2 aromatic carbocycles. The molecular weight excluding hydrogens is 464 g/mol. The van der Waals surface area contributed by atoms with E-state index in [9.17, 15) is 9.59 Å². The van der Waals surface area contributed by atoms with Gasteiger partial charge in [0.1, 0.15) is 5.75 Å². The molecule has 4 rings (SSSR count). The van der Waals surface area contributed by atoms with Crippen LogP contribution in [0.2, 0.25) is 0 Å². The summed E-state index contributed by atoms with van der Waals surface area (Å²) in [6.45, 7) is 5.78. The average Bonchev–Trinajstić information content (AvgIpc) is 2.89. The molecule has 0 bridgehead atoms. The first-order valence-electron chi connectivity index (χ1n) is 11.7. The van der Waals surface area contributed by atoms with Gasteiger partial charge in [0, 0.05) is 55.1 Å². The minimum absolute atomic E-state index is 0.265. The Hall–Kier alpha value is -3.17. The second kappa shape index (κ2) is 11.5. The predicted molar refractivity (Wildman–Crippen MR) is 138 cm³/mol. The van der Waals surface area contributed by atoms with E-state index in [-0.39, 0.29) is 12.6 Å². The molecule has 8 nitrogen and oxygen atoms in total. The van der Waals surface area contributed by atoms with E-state index in [2.05, 4.69) is 26.5 Å². The molecule has 1 fully saturated rings. The van der Waals surface area contributed by atoms with Crippen molar-refractivity contribution in [2.24, 2.45) is 0 Å². The Morgan fingerprint density at radius 2 is 1.86 bits per heavy atom. The Kier molecular flexibility index (Phi) is 8.20. The minimum Gasteiger partial charge on any atom is -0.497 e. The van der Waals surface area contributed by atoms with Gasteiger partial charge in [-0.2, -0.15) is 0 Å². The van der Waals surface area contributed by atoms with Crippen molar-refractivity contribution in [2.75, 3.05) is 57.6 Å². The number of anilines is 1. The van der Waals surface area contributed by atoms with Crippen molar-refractivity contribution in [1.29, 1.82) is 0 Å². The number of amides is 2. The number of ether oxygens (including phenoxy) is 2. The average molecular weight is 497 g/mol. The fourth-order valence-electron chi connectivity index (χ4n) is 4.43. The maximum Gasteiger partial charge on any atom is 0.338 e. The van der Waals surface area contributed by atoms with Crippen LogP contribution in [0, 0.1) is 0 Å². The van der Waals surface area contributed by atoms with Gasteiger partial charge < -0.3 is 25.0 Å². The smallest absolute Gasteiger partial charge is 0.338 e. The highest BCUT2D eigenvalue weighted by Gasteiger charge is 2.34. The van der Waals surface area contributed by atoms with Crippen LogP contribution in [0.5, 0.6) is 5.75 Å². The minimum atomic E-state index is -0.563. The highest BCUT2D eigenvalue weighted by molar-refractivity contribution is 7.98. The molecule has 2 aromatic rings. The van der Waals surface area contributed by atoms with Gasteiger partial charge in [-0.3, -0.25) is 4.90 Å². The summed E-state index contributed by atoms with van der Waals surface area (Å²) in [5.74, 6) is 0.423. The van der Waals surface area contributed by atoms with Crippen LogP contribution >= 0.6 is 11.8 Å². The zero-order valence-corrected chi connectivity index (χ0v) is 21.2. The Morgan fingerprint density at radius 3 is 2.51 bits per heavy atom. The second-order valence-corrected chi connectivity index (χ2v) is 9.26. The molecular formula is C26H32N4O4S. The molecule has 2 aliphatic heterocycles. The van der Waals surface area contributed by atoms with E-state index in [0.717, 1.165) is 48.1 Å². The van der Waals surface area contributed by atoms with Gasteiger partial charge in [0.25, 0.3) is 0 Å². The molecule has 2 amide bonds. The molecule has 1 saturated heterocycles. The summed E-state index contributed by atoms with van der Waals surface area (Å²) in [7, 11) is 1.67.